The smallest absolute Gasteiger partial charge is 0.251 e. The summed E-state index contributed by atoms with van der Waals surface area (Å²) >= 11 is 0. The molecule has 0 saturated carbocycles. The molecule has 0 radical (unpaired) electrons. The maximum absolute atomic E-state index is 11.6. The highest BCUT2D eigenvalue weighted by atomic mass is 16.1. The van der Waals surface area contributed by atoms with Crippen LogP contribution >= 0.6 is 0 Å². The molecule has 0 saturated heterocycles. The molecule has 0 aliphatic rings. The molecule has 0 atom stereocenters. The number of benzene rings is 1. The Morgan fingerprint density at radius 1 is 1.44 bits per heavy atom. The second kappa shape index (κ2) is 6.02. The van der Waals surface area contributed by atoms with Gasteiger partial charge in [-0.15, -0.1) is 0 Å². The molecule has 1 N–H and O–H groups in total. The van der Waals surface area contributed by atoms with Gasteiger partial charge < -0.3 is 10.2 Å². The first-order valence-electron chi connectivity index (χ1n) is 5.11. The number of nitrogens with zero attached hydrogens (tertiary/aromatic N) is 1. The number of carbonyl (C=O) groups excluding carboxylic acids is 2. The van der Waals surface area contributed by atoms with Gasteiger partial charge in [0.1, 0.15) is 6.29 Å². The topological polar surface area (TPSA) is 49.4 Å². The van der Waals surface area contributed by atoms with Crippen LogP contribution in [0.3, 0.4) is 0 Å². The van der Waals surface area contributed by atoms with Crippen LogP contribution in [0.5, 0.6) is 0 Å². The minimum Gasteiger partial charge on any atom is -0.351 e. The van der Waals surface area contributed by atoms with Crippen molar-refractivity contribution >= 4 is 12.2 Å². The normalized spacial score (nSPS) is 10.2. The van der Waals surface area contributed by atoms with E-state index in [0.29, 0.717) is 17.7 Å². The summed E-state index contributed by atoms with van der Waals surface area (Å²) in [5.74, 6) is -0.148. The summed E-state index contributed by atoms with van der Waals surface area (Å²) in [7, 11) is 3.89. The van der Waals surface area contributed by atoms with Crippen molar-refractivity contribution in [2.45, 2.75) is 0 Å². The molecule has 1 amide bonds. The molecule has 86 valence electrons. The van der Waals surface area contributed by atoms with Crippen molar-refractivity contribution in [3.8, 4) is 0 Å². The number of aldehydes is 1. The Balaban J connectivity index is 2.55. The summed E-state index contributed by atoms with van der Waals surface area (Å²) in [4.78, 5) is 24.2. The van der Waals surface area contributed by atoms with Crippen LogP contribution in [0.25, 0.3) is 0 Å². The molecule has 0 aromatic heterocycles. The van der Waals surface area contributed by atoms with Crippen LogP contribution in [-0.4, -0.2) is 44.3 Å². The molecule has 4 nitrogen and oxygen atoms in total. The van der Waals surface area contributed by atoms with Crippen molar-refractivity contribution in [3.05, 3.63) is 35.4 Å². The average Bonchev–Trinajstić information content (AvgIpc) is 2.28. The molecule has 0 fully saturated rings. The predicted molar refractivity (Wildman–Crippen MR) is 62.7 cm³/mol. The van der Waals surface area contributed by atoms with Gasteiger partial charge in [-0.2, -0.15) is 0 Å². The van der Waals surface area contributed by atoms with Gasteiger partial charge in [0.2, 0.25) is 0 Å². The fourth-order valence-corrected chi connectivity index (χ4v) is 1.25. The SMILES string of the molecule is CN(C)CCNC(=O)c1cccc(C=O)c1. The monoisotopic (exact) mass is 220 g/mol. The molecule has 0 spiro atoms. The second-order valence-electron chi connectivity index (χ2n) is 3.80. The van der Waals surface area contributed by atoms with Gasteiger partial charge in [0, 0.05) is 24.2 Å². The number of likely N-dealkylation sites (N-methyl/N-ethyl adjacent to an activating group) is 1. The number of nitrogens with one attached hydrogen (secondary N) is 1. The molecule has 1 rings (SSSR count). The van der Waals surface area contributed by atoms with Crippen LogP contribution in [-0.2, 0) is 0 Å². The van der Waals surface area contributed by atoms with E-state index in [1.807, 2.05) is 19.0 Å². The number of amides is 1. The van der Waals surface area contributed by atoms with Crippen molar-refractivity contribution in [2.24, 2.45) is 0 Å². The van der Waals surface area contributed by atoms with E-state index in [-0.39, 0.29) is 5.91 Å². The van der Waals surface area contributed by atoms with Gasteiger partial charge >= 0.3 is 0 Å². The second-order valence-corrected chi connectivity index (χ2v) is 3.80. The van der Waals surface area contributed by atoms with Gasteiger partial charge in [0.25, 0.3) is 5.91 Å². The number of hydrogen-bond donors (Lipinski definition) is 1. The Kier molecular flexibility index (Phi) is 4.66. The minimum absolute atomic E-state index is 0.148. The first-order chi connectivity index (χ1) is 7.63. The molecule has 1 aromatic carbocycles. The highest BCUT2D eigenvalue weighted by molar-refractivity contribution is 5.95. The lowest BCUT2D eigenvalue weighted by Gasteiger charge is -2.10. The number of carbonyl (C=O) groups is 2. The van der Waals surface area contributed by atoms with Crippen LogP contribution in [0.4, 0.5) is 0 Å². The van der Waals surface area contributed by atoms with E-state index in [4.69, 9.17) is 0 Å². The summed E-state index contributed by atoms with van der Waals surface area (Å²) in [5.41, 5.74) is 1.03. The van der Waals surface area contributed by atoms with Gasteiger partial charge in [-0.25, -0.2) is 0 Å². The molecule has 16 heavy (non-hydrogen) atoms. The summed E-state index contributed by atoms with van der Waals surface area (Å²) in [6, 6.07) is 6.64. The third-order valence-corrected chi connectivity index (χ3v) is 2.13. The Morgan fingerprint density at radius 2 is 2.19 bits per heavy atom. The van der Waals surface area contributed by atoms with E-state index < -0.39 is 0 Å². The van der Waals surface area contributed by atoms with E-state index in [1.54, 1.807) is 24.3 Å². The van der Waals surface area contributed by atoms with Crippen molar-refractivity contribution in [2.75, 3.05) is 27.2 Å². The lowest BCUT2D eigenvalue weighted by Crippen LogP contribution is -2.31. The van der Waals surface area contributed by atoms with E-state index >= 15 is 0 Å². The van der Waals surface area contributed by atoms with Crippen molar-refractivity contribution in [3.63, 3.8) is 0 Å². The van der Waals surface area contributed by atoms with E-state index in [2.05, 4.69) is 5.32 Å². The average molecular weight is 220 g/mol. The van der Waals surface area contributed by atoms with E-state index in [0.717, 1.165) is 12.8 Å². The van der Waals surface area contributed by atoms with Gasteiger partial charge in [0.15, 0.2) is 0 Å². The highest BCUT2D eigenvalue weighted by Crippen LogP contribution is 2.02. The van der Waals surface area contributed by atoms with Gasteiger partial charge in [0.05, 0.1) is 0 Å². The lowest BCUT2D eigenvalue weighted by molar-refractivity contribution is 0.0951. The van der Waals surface area contributed by atoms with Gasteiger partial charge in [-0.1, -0.05) is 12.1 Å². The third kappa shape index (κ3) is 3.82. The zero-order valence-corrected chi connectivity index (χ0v) is 9.56. The Hall–Kier alpha value is -1.68. The maximum Gasteiger partial charge on any atom is 0.251 e. The fraction of sp³-hybridized carbons (Fsp3) is 0.333. The quantitative estimate of drug-likeness (QED) is 0.746. The zero-order chi connectivity index (χ0) is 12.0. The molecule has 0 aliphatic carbocycles. The van der Waals surface area contributed by atoms with Gasteiger partial charge in [-0.05, 0) is 26.2 Å². The number of rotatable bonds is 5. The summed E-state index contributed by atoms with van der Waals surface area (Å²) < 4.78 is 0. The molecule has 0 aliphatic heterocycles. The summed E-state index contributed by atoms with van der Waals surface area (Å²) in [6.45, 7) is 1.39. The van der Waals surface area contributed by atoms with Crippen LogP contribution < -0.4 is 5.32 Å². The third-order valence-electron chi connectivity index (χ3n) is 2.13. The Labute approximate surface area is 95.3 Å². The fourth-order valence-electron chi connectivity index (χ4n) is 1.25. The van der Waals surface area contributed by atoms with Crippen LogP contribution in [0.1, 0.15) is 20.7 Å². The van der Waals surface area contributed by atoms with Crippen molar-refractivity contribution in [1.29, 1.82) is 0 Å². The maximum atomic E-state index is 11.6. The minimum atomic E-state index is -0.148. The largest absolute Gasteiger partial charge is 0.351 e. The van der Waals surface area contributed by atoms with Gasteiger partial charge in [-0.3, -0.25) is 9.59 Å². The first kappa shape index (κ1) is 12.4. The molecule has 0 heterocycles. The van der Waals surface area contributed by atoms with Crippen LogP contribution in [0, 0.1) is 0 Å². The molecular formula is C12H16N2O2. The van der Waals surface area contributed by atoms with Crippen LogP contribution in [0.15, 0.2) is 24.3 Å². The van der Waals surface area contributed by atoms with Crippen LogP contribution in [0.2, 0.25) is 0 Å². The molecule has 0 bridgehead atoms. The summed E-state index contributed by atoms with van der Waals surface area (Å²) in [6.07, 6.45) is 0.733. The Morgan fingerprint density at radius 3 is 2.81 bits per heavy atom. The Bertz CT molecular complexity index is 375. The molecular weight excluding hydrogens is 204 g/mol. The molecule has 1 aromatic rings. The summed E-state index contributed by atoms with van der Waals surface area (Å²) in [5, 5.41) is 2.79. The standard InChI is InChI=1S/C12H16N2O2/c1-14(2)7-6-13-12(16)11-5-3-4-10(8-11)9-15/h3-5,8-9H,6-7H2,1-2H3,(H,13,16). The molecule has 4 heteroatoms. The van der Waals surface area contributed by atoms with Crippen molar-refractivity contribution < 1.29 is 9.59 Å². The zero-order valence-electron chi connectivity index (χ0n) is 9.56. The molecule has 0 unspecified atom stereocenters. The number of hydrogen-bond acceptors (Lipinski definition) is 3. The van der Waals surface area contributed by atoms with Crippen molar-refractivity contribution in [1.82, 2.24) is 10.2 Å². The highest BCUT2D eigenvalue weighted by Gasteiger charge is 2.05. The lowest BCUT2D eigenvalue weighted by atomic mass is 10.1. The van der Waals surface area contributed by atoms with E-state index in [9.17, 15) is 9.59 Å². The van der Waals surface area contributed by atoms with E-state index in [1.165, 1.54) is 0 Å². The predicted octanol–water partition coefficient (Wildman–Crippen LogP) is 0.790. The first-order valence-corrected chi connectivity index (χ1v) is 5.11.